The Kier molecular flexibility index (Phi) is 5.86. The number of carbonyl (C=O) groups excluding carboxylic acids is 1. The first kappa shape index (κ1) is 25.1. The zero-order valence-electron chi connectivity index (χ0n) is 20.4. The van der Waals surface area contributed by atoms with Crippen LogP contribution in [-0.4, -0.2) is 33.3 Å². The van der Waals surface area contributed by atoms with Gasteiger partial charge in [0.15, 0.2) is 0 Å². The average molecular weight is 551 g/mol. The minimum atomic E-state index is -3.96. The molecule has 1 saturated heterocycles. The molecule has 0 bridgehead atoms. The molecule has 6 nitrogen and oxygen atoms in total. The first-order valence-electron chi connectivity index (χ1n) is 12.8. The molecule has 2 aliphatic heterocycles. The molecule has 1 N–H and O–H groups in total. The second-order valence-electron chi connectivity index (χ2n) is 11.1. The number of fused-ring (bicyclic) bond motifs is 2. The van der Waals surface area contributed by atoms with E-state index in [-0.39, 0.29) is 36.5 Å². The lowest BCUT2D eigenvalue weighted by molar-refractivity contribution is -0.130. The van der Waals surface area contributed by atoms with Crippen LogP contribution in [0.1, 0.15) is 72.9 Å². The summed E-state index contributed by atoms with van der Waals surface area (Å²) >= 11 is 0. The fourth-order valence-corrected chi connectivity index (χ4v) is 6.92. The monoisotopic (exact) mass is 550 g/mol. The molecule has 0 radical (unpaired) electrons. The van der Waals surface area contributed by atoms with E-state index in [1.54, 1.807) is 6.07 Å². The van der Waals surface area contributed by atoms with Gasteiger partial charge in [-0.2, -0.15) is 0 Å². The molecule has 2 aliphatic carbocycles. The van der Waals surface area contributed by atoms with Crippen LogP contribution < -0.4 is 10.2 Å². The van der Waals surface area contributed by atoms with Gasteiger partial charge < -0.3 is 15.0 Å². The number of alkyl halides is 2. The number of benzene rings is 2. The summed E-state index contributed by atoms with van der Waals surface area (Å²) in [5, 5.41) is 2.94. The van der Waals surface area contributed by atoms with Gasteiger partial charge in [0.25, 0.3) is 15.0 Å². The topological polar surface area (TPSA) is 75.7 Å². The highest BCUT2D eigenvalue weighted by Gasteiger charge is 2.48. The number of nitrogens with zero attached hydrogens (tertiary/aromatic N) is 1. The van der Waals surface area contributed by atoms with E-state index in [9.17, 15) is 22.0 Å². The van der Waals surface area contributed by atoms with Crippen LogP contribution in [0.3, 0.4) is 0 Å². The average Bonchev–Trinajstić information content (AvgIpc) is 3.52. The zero-order chi connectivity index (χ0) is 26.1. The Bertz CT molecular complexity index is 1360. The van der Waals surface area contributed by atoms with Crippen LogP contribution in [0.4, 0.5) is 20.2 Å². The van der Waals surface area contributed by atoms with Gasteiger partial charge in [-0.1, -0.05) is 6.07 Å². The molecule has 4 aliphatic rings. The van der Waals surface area contributed by atoms with E-state index in [1.165, 1.54) is 31.0 Å². The Morgan fingerprint density at radius 2 is 1.65 bits per heavy atom. The minimum absolute atomic E-state index is 0.0434. The summed E-state index contributed by atoms with van der Waals surface area (Å²) in [5.41, 5.74) is 2.93. The van der Waals surface area contributed by atoms with Gasteiger partial charge in [0.1, 0.15) is 0 Å². The van der Waals surface area contributed by atoms with Crippen LogP contribution in [0.5, 0.6) is 0 Å². The molecule has 0 aromatic heterocycles. The minimum Gasteiger partial charge on any atom is -0.371 e. The normalized spacial score (nSPS) is 23.2. The third-order valence-corrected chi connectivity index (χ3v) is 10.1. The summed E-state index contributed by atoms with van der Waals surface area (Å²) < 4.78 is 57.8. The molecule has 2 aromatic rings. The summed E-state index contributed by atoms with van der Waals surface area (Å²) in [5.74, 6) is -3.04. The maximum absolute atomic E-state index is 13.8. The van der Waals surface area contributed by atoms with Crippen molar-refractivity contribution in [1.82, 2.24) is 0 Å². The largest absolute Gasteiger partial charge is 0.371 e. The van der Waals surface area contributed by atoms with Crippen LogP contribution in [0.25, 0.3) is 0 Å². The zero-order valence-corrected chi connectivity index (χ0v) is 21.9. The Balaban J connectivity index is 1.27. The summed E-state index contributed by atoms with van der Waals surface area (Å²) in [6, 6.07) is 9.82. The Hall–Kier alpha value is -2.23. The SMILES string of the molecule is O=C(Nc1ccc2c(c1)C1(CCC(F)(F)CC1)OC2)c1ccc(S(=O)(=O)Cl)cc1N1CCC2(CC1)CC2. The van der Waals surface area contributed by atoms with E-state index in [0.717, 1.165) is 37.1 Å². The number of hydrogen-bond donors (Lipinski definition) is 1. The van der Waals surface area contributed by atoms with E-state index >= 15 is 0 Å². The van der Waals surface area contributed by atoms with E-state index in [2.05, 4.69) is 10.2 Å². The molecule has 0 unspecified atom stereocenters. The predicted molar refractivity (Wildman–Crippen MR) is 137 cm³/mol. The van der Waals surface area contributed by atoms with Gasteiger partial charge in [-0.3, -0.25) is 4.79 Å². The van der Waals surface area contributed by atoms with Crippen molar-refractivity contribution in [3.05, 3.63) is 53.1 Å². The summed E-state index contributed by atoms with van der Waals surface area (Å²) in [6.07, 6.45) is 4.50. The number of anilines is 2. The highest BCUT2D eigenvalue weighted by atomic mass is 35.7. The molecular formula is C27H29ClF2N2O4S. The third-order valence-electron chi connectivity index (χ3n) is 8.77. The number of ether oxygens (including phenoxy) is 1. The van der Waals surface area contributed by atoms with E-state index in [1.807, 2.05) is 12.1 Å². The molecule has 3 fully saturated rings. The quantitative estimate of drug-likeness (QED) is 0.460. The highest BCUT2D eigenvalue weighted by molar-refractivity contribution is 8.13. The molecule has 37 heavy (non-hydrogen) atoms. The standard InChI is InChI=1S/C27H29ClF2N2O4S/c28-37(34,35)20-3-4-21(23(16-20)32-13-11-25(5-6-25)12-14-32)24(33)31-19-2-1-18-17-36-26(22(18)15-19)7-9-27(29,30)10-8-26/h1-4,15-16H,5-14,17H2,(H,31,33). The molecule has 2 heterocycles. The molecule has 6 rings (SSSR count). The molecule has 2 aromatic carbocycles. The lowest BCUT2D eigenvalue weighted by atomic mass is 9.77. The number of carbonyl (C=O) groups is 1. The van der Waals surface area contributed by atoms with Crippen LogP contribution in [-0.2, 0) is 26.0 Å². The summed E-state index contributed by atoms with van der Waals surface area (Å²) in [6.45, 7) is 1.86. The molecule has 1 amide bonds. The second kappa shape index (κ2) is 8.64. The maximum atomic E-state index is 13.8. The maximum Gasteiger partial charge on any atom is 0.261 e. The van der Waals surface area contributed by atoms with Gasteiger partial charge >= 0.3 is 0 Å². The number of rotatable bonds is 4. The number of hydrogen-bond acceptors (Lipinski definition) is 5. The first-order valence-corrected chi connectivity index (χ1v) is 15.1. The van der Waals surface area contributed by atoms with Crippen molar-refractivity contribution in [2.24, 2.45) is 5.41 Å². The fourth-order valence-electron chi connectivity index (χ4n) is 6.15. The number of amides is 1. The van der Waals surface area contributed by atoms with E-state index < -0.39 is 20.6 Å². The van der Waals surface area contributed by atoms with E-state index in [0.29, 0.717) is 29.0 Å². The van der Waals surface area contributed by atoms with Crippen LogP contribution in [0.2, 0.25) is 0 Å². The lowest BCUT2D eigenvalue weighted by Gasteiger charge is -2.37. The molecule has 0 atom stereocenters. The van der Waals surface area contributed by atoms with Crippen molar-refractivity contribution in [2.75, 3.05) is 23.3 Å². The summed E-state index contributed by atoms with van der Waals surface area (Å²) in [4.78, 5) is 15.5. The van der Waals surface area contributed by atoms with Gasteiger partial charge in [0.05, 0.1) is 28.4 Å². The predicted octanol–water partition coefficient (Wildman–Crippen LogP) is 6.18. The van der Waals surface area contributed by atoms with Crippen molar-refractivity contribution in [3.63, 3.8) is 0 Å². The molecule has 2 spiro atoms. The van der Waals surface area contributed by atoms with Gasteiger partial charge in [0, 0.05) is 42.3 Å². The Morgan fingerprint density at radius 3 is 2.30 bits per heavy atom. The van der Waals surface area contributed by atoms with Gasteiger partial charge in [0.2, 0.25) is 5.92 Å². The smallest absolute Gasteiger partial charge is 0.261 e. The van der Waals surface area contributed by atoms with Crippen LogP contribution in [0.15, 0.2) is 41.3 Å². The summed E-state index contributed by atoms with van der Waals surface area (Å²) in [7, 11) is 1.66. The molecular weight excluding hydrogens is 522 g/mol. The first-order chi connectivity index (χ1) is 17.5. The number of halogens is 3. The van der Waals surface area contributed by atoms with Crippen molar-refractivity contribution in [3.8, 4) is 0 Å². The highest BCUT2D eigenvalue weighted by Crippen LogP contribution is 2.54. The Labute approximate surface area is 219 Å². The van der Waals surface area contributed by atoms with Crippen LogP contribution >= 0.6 is 10.7 Å². The molecule has 2 saturated carbocycles. The molecule has 198 valence electrons. The second-order valence-corrected chi connectivity index (χ2v) is 13.6. The van der Waals surface area contributed by atoms with Crippen molar-refractivity contribution < 1.29 is 26.7 Å². The Morgan fingerprint density at radius 1 is 0.946 bits per heavy atom. The van der Waals surface area contributed by atoms with E-state index in [4.69, 9.17) is 15.4 Å². The van der Waals surface area contributed by atoms with Gasteiger partial charge in [-0.05, 0) is 85.4 Å². The number of piperidine rings is 1. The van der Waals surface area contributed by atoms with Gasteiger partial charge in [-0.25, -0.2) is 17.2 Å². The van der Waals surface area contributed by atoms with Crippen molar-refractivity contribution in [2.45, 2.75) is 74.4 Å². The van der Waals surface area contributed by atoms with Crippen molar-refractivity contribution in [1.29, 1.82) is 0 Å². The molecule has 10 heteroatoms. The fraction of sp³-hybridized carbons (Fsp3) is 0.519. The van der Waals surface area contributed by atoms with Crippen LogP contribution in [0, 0.1) is 5.41 Å². The lowest BCUT2D eigenvalue weighted by Crippen LogP contribution is -2.36. The van der Waals surface area contributed by atoms with Gasteiger partial charge in [-0.15, -0.1) is 0 Å². The third kappa shape index (κ3) is 4.74. The number of nitrogens with one attached hydrogen (secondary N) is 1. The van der Waals surface area contributed by atoms with Crippen molar-refractivity contribution >= 4 is 37.0 Å².